The predicted octanol–water partition coefficient (Wildman–Crippen LogP) is 1.05. The molecule has 2 rings (SSSR count). The van der Waals surface area contributed by atoms with Crippen molar-refractivity contribution < 1.29 is 14.0 Å². The Labute approximate surface area is 110 Å². The molecule has 1 N–H and O–H groups in total. The largest absolute Gasteiger partial charge is 0.336 e. The summed E-state index contributed by atoms with van der Waals surface area (Å²) in [6.45, 7) is 0.367. The van der Waals surface area contributed by atoms with Crippen LogP contribution in [0.1, 0.15) is 18.4 Å². The van der Waals surface area contributed by atoms with Crippen LogP contribution in [0.25, 0.3) is 0 Å². The van der Waals surface area contributed by atoms with Crippen LogP contribution in [0.3, 0.4) is 0 Å². The summed E-state index contributed by atoms with van der Waals surface area (Å²) in [6.07, 6.45) is 0.618. The summed E-state index contributed by atoms with van der Waals surface area (Å²) in [6, 6.07) is 5.96. The number of amides is 2. The van der Waals surface area contributed by atoms with Crippen molar-refractivity contribution in [1.29, 1.82) is 0 Å². The molecule has 0 radical (unpaired) electrons. The fourth-order valence-electron chi connectivity index (χ4n) is 1.78. The van der Waals surface area contributed by atoms with E-state index in [0.717, 1.165) is 5.56 Å². The van der Waals surface area contributed by atoms with E-state index in [1.165, 1.54) is 17.0 Å². The van der Waals surface area contributed by atoms with Gasteiger partial charge in [-0.1, -0.05) is 12.1 Å². The molecule has 0 aliphatic carbocycles. The summed E-state index contributed by atoms with van der Waals surface area (Å²) >= 11 is 0. The van der Waals surface area contributed by atoms with Gasteiger partial charge >= 0.3 is 0 Å². The number of nitrogens with one attached hydrogen (secondary N) is 1. The van der Waals surface area contributed by atoms with E-state index in [4.69, 9.17) is 0 Å². The van der Waals surface area contributed by atoms with Gasteiger partial charge in [0.15, 0.2) is 0 Å². The van der Waals surface area contributed by atoms with Crippen molar-refractivity contribution in [3.63, 3.8) is 0 Å². The number of carbonyl (C=O) groups excluding carboxylic acids is 2. The molecule has 0 saturated heterocycles. The van der Waals surface area contributed by atoms with Crippen molar-refractivity contribution in [2.75, 3.05) is 7.05 Å². The van der Waals surface area contributed by atoms with Gasteiger partial charge in [0.2, 0.25) is 5.91 Å². The molecule has 2 amide bonds. The Bertz CT molecular complexity index is 525. The number of nitrogens with zero attached hydrogens (tertiary/aromatic N) is 2. The van der Waals surface area contributed by atoms with Gasteiger partial charge in [0.25, 0.3) is 5.91 Å². The Kier molecular flexibility index (Phi) is 3.89. The summed E-state index contributed by atoms with van der Waals surface area (Å²) in [4.78, 5) is 24.5. The molecule has 1 heterocycles. The maximum Gasteiger partial charge on any atom is 0.270 e. The molecule has 1 aromatic carbocycles. The van der Waals surface area contributed by atoms with Crippen molar-refractivity contribution in [2.24, 2.45) is 5.10 Å². The summed E-state index contributed by atoms with van der Waals surface area (Å²) in [5, 5.41) is 3.75. The standard InChI is InChI=1S/C13H14FN3O2/c1-17(8-9-2-4-10(14)5-3-9)13(19)11-6-7-12(18)16-15-11/h2-5H,6-8H2,1H3,(H,16,18). The first-order valence-electron chi connectivity index (χ1n) is 5.91. The van der Waals surface area contributed by atoms with Crippen molar-refractivity contribution in [3.8, 4) is 0 Å². The molecule has 100 valence electrons. The maximum atomic E-state index is 12.8. The van der Waals surface area contributed by atoms with Crippen LogP contribution >= 0.6 is 0 Å². The van der Waals surface area contributed by atoms with E-state index in [1.807, 2.05) is 0 Å². The molecule has 19 heavy (non-hydrogen) atoms. The topological polar surface area (TPSA) is 61.8 Å². The molecule has 0 saturated carbocycles. The Balaban J connectivity index is 1.99. The minimum atomic E-state index is -0.308. The van der Waals surface area contributed by atoms with Gasteiger partial charge in [0.05, 0.1) is 0 Å². The summed E-state index contributed by atoms with van der Waals surface area (Å²) < 4.78 is 12.8. The molecule has 0 aromatic heterocycles. The van der Waals surface area contributed by atoms with E-state index in [9.17, 15) is 14.0 Å². The second kappa shape index (κ2) is 5.60. The highest BCUT2D eigenvalue weighted by atomic mass is 19.1. The Morgan fingerprint density at radius 3 is 2.63 bits per heavy atom. The van der Waals surface area contributed by atoms with E-state index in [2.05, 4.69) is 10.5 Å². The maximum absolute atomic E-state index is 12.8. The molecule has 5 nitrogen and oxygen atoms in total. The van der Waals surface area contributed by atoms with Crippen LogP contribution in [0.4, 0.5) is 4.39 Å². The first-order chi connectivity index (χ1) is 9.06. The summed E-state index contributed by atoms with van der Waals surface area (Å²) in [7, 11) is 1.64. The van der Waals surface area contributed by atoms with Crippen LogP contribution in [0.2, 0.25) is 0 Å². The number of halogens is 1. The van der Waals surface area contributed by atoms with Crippen LogP contribution < -0.4 is 5.43 Å². The van der Waals surface area contributed by atoms with Crippen LogP contribution in [0.5, 0.6) is 0 Å². The minimum Gasteiger partial charge on any atom is -0.336 e. The number of hydrogen-bond acceptors (Lipinski definition) is 3. The molecule has 1 aromatic rings. The van der Waals surface area contributed by atoms with Gasteiger partial charge in [0.1, 0.15) is 11.5 Å². The van der Waals surface area contributed by atoms with Gasteiger partial charge in [-0.3, -0.25) is 9.59 Å². The normalized spacial score (nSPS) is 14.6. The Hall–Kier alpha value is -2.24. The van der Waals surface area contributed by atoms with E-state index in [-0.39, 0.29) is 24.1 Å². The fourth-order valence-corrected chi connectivity index (χ4v) is 1.78. The van der Waals surface area contributed by atoms with E-state index in [0.29, 0.717) is 18.7 Å². The number of hydrazone groups is 1. The molecule has 0 atom stereocenters. The van der Waals surface area contributed by atoms with Gasteiger partial charge < -0.3 is 4.90 Å². The lowest BCUT2D eigenvalue weighted by molar-refractivity contribution is -0.124. The molecular formula is C13H14FN3O2. The molecule has 1 aliphatic heterocycles. The first-order valence-corrected chi connectivity index (χ1v) is 5.91. The zero-order valence-corrected chi connectivity index (χ0v) is 10.5. The van der Waals surface area contributed by atoms with Crippen molar-refractivity contribution >= 4 is 17.5 Å². The zero-order chi connectivity index (χ0) is 13.8. The smallest absolute Gasteiger partial charge is 0.270 e. The third-order valence-corrected chi connectivity index (χ3v) is 2.83. The third kappa shape index (κ3) is 3.37. The number of hydrogen-bond donors (Lipinski definition) is 1. The highest BCUT2D eigenvalue weighted by molar-refractivity contribution is 6.39. The SMILES string of the molecule is CN(Cc1ccc(F)cc1)C(=O)C1=NNC(=O)CC1. The Morgan fingerprint density at radius 2 is 2.05 bits per heavy atom. The monoisotopic (exact) mass is 263 g/mol. The number of benzene rings is 1. The van der Waals surface area contributed by atoms with Gasteiger partial charge in [0, 0.05) is 26.4 Å². The third-order valence-electron chi connectivity index (χ3n) is 2.83. The average molecular weight is 263 g/mol. The van der Waals surface area contributed by atoms with Crippen LogP contribution in [0, 0.1) is 5.82 Å². The average Bonchev–Trinajstić information content (AvgIpc) is 2.41. The number of rotatable bonds is 3. The molecule has 1 aliphatic rings. The van der Waals surface area contributed by atoms with Crippen LogP contribution in [-0.4, -0.2) is 29.5 Å². The van der Waals surface area contributed by atoms with Crippen LogP contribution in [-0.2, 0) is 16.1 Å². The fraction of sp³-hybridized carbons (Fsp3) is 0.308. The zero-order valence-electron chi connectivity index (χ0n) is 10.5. The highest BCUT2D eigenvalue weighted by Crippen LogP contribution is 2.08. The van der Waals surface area contributed by atoms with Crippen LogP contribution in [0.15, 0.2) is 29.4 Å². The van der Waals surface area contributed by atoms with E-state index >= 15 is 0 Å². The molecule has 0 unspecified atom stereocenters. The quantitative estimate of drug-likeness (QED) is 0.886. The van der Waals surface area contributed by atoms with Gasteiger partial charge in [-0.05, 0) is 17.7 Å². The molecule has 0 bridgehead atoms. The lowest BCUT2D eigenvalue weighted by Crippen LogP contribution is -2.37. The van der Waals surface area contributed by atoms with Crippen molar-refractivity contribution in [2.45, 2.75) is 19.4 Å². The summed E-state index contributed by atoms with van der Waals surface area (Å²) in [5.74, 6) is -0.723. The molecule has 6 heteroatoms. The second-order valence-electron chi connectivity index (χ2n) is 4.38. The van der Waals surface area contributed by atoms with Crippen molar-refractivity contribution in [3.05, 3.63) is 35.6 Å². The molecular weight excluding hydrogens is 249 g/mol. The predicted molar refractivity (Wildman–Crippen MR) is 67.7 cm³/mol. The van der Waals surface area contributed by atoms with Gasteiger partial charge in [-0.15, -0.1) is 0 Å². The van der Waals surface area contributed by atoms with E-state index in [1.54, 1.807) is 19.2 Å². The number of carbonyl (C=O) groups is 2. The minimum absolute atomic E-state index is 0.183. The molecule has 0 fully saturated rings. The molecule has 0 spiro atoms. The lowest BCUT2D eigenvalue weighted by atomic mass is 10.1. The van der Waals surface area contributed by atoms with E-state index < -0.39 is 0 Å². The first kappa shape index (κ1) is 13.2. The Morgan fingerprint density at radius 1 is 1.37 bits per heavy atom. The van der Waals surface area contributed by atoms with Gasteiger partial charge in [-0.2, -0.15) is 5.10 Å². The van der Waals surface area contributed by atoms with Gasteiger partial charge in [-0.25, -0.2) is 9.82 Å². The van der Waals surface area contributed by atoms with Crippen molar-refractivity contribution in [1.82, 2.24) is 10.3 Å². The summed E-state index contributed by atoms with van der Waals surface area (Å²) in [5.41, 5.74) is 3.46. The second-order valence-corrected chi connectivity index (χ2v) is 4.38. The highest BCUT2D eigenvalue weighted by Gasteiger charge is 2.21. The lowest BCUT2D eigenvalue weighted by Gasteiger charge is -2.19.